The van der Waals surface area contributed by atoms with Gasteiger partial charge in [0.2, 0.25) is 5.91 Å². The van der Waals surface area contributed by atoms with Gasteiger partial charge in [-0.1, -0.05) is 403 Å². The summed E-state index contributed by atoms with van der Waals surface area (Å²) in [6.45, 7) is 2.82. The van der Waals surface area contributed by atoms with Crippen LogP contribution >= 0.6 is 0 Å². The van der Waals surface area contributed by atoms with Crippen molar-refractivity contribution in [1.82, 2.24) is 5.32 Å². The Morgan fingerprint density at radius 3 is 1.04 bits per heavy atom. The number of amides is 1. The number of nitrogens with one attached hydrogen (secondary N) is 1. The van der Waals surface area contributed by atoms with Crippen molar-refractivity contribution < 1.29 is 64.6 Å². The third-order valence-corrected chi connectivity index (χ3v) is 21.6. The van der Waals surface area contributed by atoms with E-state index in [1.54, 1.807) is 0 Å². The van der Waals surface area contributed by atoms with Gasteiger partial charge in [0.1, 0.15) is 48.8 Å². The number of aliphatic hydroxyl groups is 8. The molecule has 2 heterocycles. The molecule has 600 valence electrons. The van der Waals surface area contributed by atoms with Crippen LogP contribution in [0.1, 0.15) is 412 Å². The molecule has 0 radical (unpaired) electrons. The number of rotatable bonds is 75. The van der Waals surface area contributed by atoms with Gasteiger partial charge >= 0.3 is 0 Å². The second-order valence-corrected chi connectivity index (χ2v) is 31.0. The maximum Gasteiger partial charge on any atom is 0.220 e. The Labute approximate surface area is 626 Å². The number of carbonyl (C=O) groups excluding carboxylic acids is 1. The number of hydrogen-bond donors (Lipinski definition) is 9. The highest BCUT2D eigenvalue weighted by Gasteiger charge is 2.51. The molecule has 0 spiro atoms. The zero-order valence-corrected chi connectivity index (χ0v) is 66.1. The summed E-state index contributed by atoms with van der Waals surface area (Å²) in [4.78, 5) is 13.4. The molecule has 12 unspecified atom stereocenters. The Morgan fingerprint density at radius 2 is 0.676 bits per heavy atom. The first kappa shape index (κ1) is 96.0. The first-order chi connectivity index (χ1) is 50.1. The molecule has 12 atom stereocenters. The summed E-state index contributed by atoms with van der Waals surface area (Å²) in [5.74, 6) is -0.197. The fourth-order valence-corrected chi connectivity index (χ4v) is 14.7. The van der Waals surface area contributed by atoms with Gasteiger partial charge in [-0.2, -0.15) is 0 Å². The first-order valence-corrected chi connectivity index (χ1v) is 43.9. The lowest BCUT2D eigenvalue weighted by atomic mass is 9.97. The molecule has 0 aromatic rings. The molecule has 0 aromatic heterocycles. The van der Waals surface area contributed by atoms with Gasteiger partial charge in [0.25, 0.3) is 0 Å². The first-order valence-electron chi connectivity index (χ1n) is 43.9. The van der Waals surface area contributed by atoms with Gasteiger partial charge < -0.3 is 65.1 Å². The summed E-state index contributed by atoms with van der Waals surface area (Å²) in [6.07, 6.45) is 80.4. The summed E-state index contributed by atoms with van der Waals surface area (Å²) in [5, 5.41) is 88.0. The van der Waals surface area contributed by atoms with Crippen LogP contribution in [0.15, 0.2) is 48.6 Å². The molecule has 2 fully saturated rings. The van der Waals surface area contributed by atoms with Crippen molar-refractivity contribution in [2.45, 2.75) is 485 Å². The van der Waals surface area contributed by atoms with Gasteiger partial charge in [-0.3, -0.25) is 4.79 Å². The number of carbonyl (C=O) groups is 1. The van der Waals surface area contributed by atoms with Crippen molar-refractivity contribution in [3.05, 3.63) is 48.6 Å². The van der Waals surface area contributed by atoms with Crippen molar-refractivity contribution in [1.29, 1.82) is 0 Å². The predicted molar refractivity (Wildman–Crippen MR) is 424 cm³/mol. The van der Waals surface area contributed by atoms with Gasteiger partial charge in [0.05, 0.1) is 32.0 Å². The van der Waals surface area contributed by atoms with Crippen LogP contribution in [0.25, 0.3) is 0 Å². The number of allylic oxidation sites excluding steroid dienone is 8. The molecular formula is C88H165NO13. The van der Waals surface area contributed by atoms with E-state index in [4.69, 9.17) is 18.9 Å². The highest BCUT2D eigenvalue weighted by molar-refractivity contribution is 5.76. The summed E-state index contributed by atoms with van der Waals surface area (Å²) < 4.78 is 23.0. The molecule has 9 N–H and O–H groups in total. The van der Waals surface area contributed by atoms with Crippen LogP contribution in [-0.4, -0.2) is 140 Å². The Kier molecular flexibility index (Phi) is 67.6. The van der Waals surface area contributed by atoms with Gasteiger partial charge in [-0.15, -0.1) is 0 Å². The van der Waals surface area contributed by atoms with Crippen molar-refractivity contribution in [2.75, 3.05) is 19.8 Å². The zero-order chi connectivity index (χ0) is 73.7. The minimum atomic E-state index is -1.78. The summed E-state index contributed by atoms with van der Waals surface area (Å²) in [6, 6.07) is -0.829. The van der Waals surface area contributed by atoms with Crippen LogP contribution in [0, 0.1) is 0 Å². The smallest absolute Gasteiger partial charge is 0.220 e. The Hall–Kier alpha value is -2.05. The lowest BCUT2D eigenvalue weighted by Crippen LogP contribution is -2.65. The topological polar surface area (TPSA) is 228 Å². The molecule has 0 aliphatic carbocycles. The number of unbranched alkanes of at least 4 members (excludes halogenated alkanes) is 54. The van der Waals surface area contributed by atoms with Gasteiger partial charge in [-0.05, 0) is 51.4 Å². The molecule has 1 amide bonds. The van der Waals surface area contributed by atoms with Gasteiger partial charge in [0.15, 0.2) is 12.6 Å². The number of aliphatic hydroxyl groups excluding tert-OH is 8. The van der Waals surface area contributed by atoms with Gasteiger partial charge in [0, 0.05) is 6.42 Å². The Morgan fingerprint density at radius 1 is 0.363 bits per heavy atom. The highest BCUT2D eigenvalue weighted by Crippen LogP contribution is 2.31. The highest BCUT2D eigenvalue weighted by atomic mass is 16.7. The van der Waals surface area contributed by atoms with E-state index >= 15 is 0 Å². The van der Waals surface area contributed by atoms with Crippen molar-refractivity contribution in [2.24, 2.45) is 0 Å². The minimum Gasteiger partial charge on any atom is -0.394 e. The Bertz CT molecular complexity index is 1900. The molecule has 102 heavy (non-hydrogen) atoms. The lowest BCUT2D eigenvalue weighted by Gasteiger charge is -2.46. The van der Waals surface area contributed by atoms with E-state index < -0.39 is 86.8 Å². The van der Waals surface area contributed by atoms with E-state index in [0.717, 1.165) is 77.0 Å². The predicted octanol–water partition coefficient (Wildman–Crippen LogP) is 20.9. The molecule has 2 rings (SSSR count). The third kappa shape index (κ3) is 53.7. The number of hydrogen-bond acceptors (Lipinski definition) is 13. The van der Waals surface area contributed by atoms with Crippen LogP contribution in [0.4, 0.5) is 0 Å². The van der Waals surface area contributed by atoms with Gasteiger partial charge in [-0.25, -0.2) is 0 Å². The molecule has 2 aliphatic rings. The van der Waals surface area contributed by atoms with E-state index in [-0.39, 0.29) is 12.5 Å². The van der Waals surface area contributed by atoms with E-state index in [0.29, 0.717) is 12.8 Å². The average Bonchev–Trinajstić information content (AvgIpc) is 0.790. The minimum absolute atomic E-state index is 0.197. The molecule has 14 nitrogen and oxygen atoms in total. The van der Waals surface area contributed by atoms with Crippen molar-refractivity contribution in [3.63, 3.8) is 0 Å². The zero-order valence-electron chi connectivity index (χ0n) is 66.1. The van der Waals surface area contributed by atoms with E-state index in [1.807, 2.05) is 0 Å². The van der Waals surface area contributed by atoms with Crippen LogP contribution in [0.5, 0.6) is 0 Å². The average molecular weight is 1450 g/mol. The second kappa shape index (κ2) is 71.8. The maximum absolute atomic E-state index is 13.4. The standard InChI is InChI=1S/C88H165NO13/c1-3-5-7-9-11-13-15-17-19-21-23-25-27-29-31-32-33-34-35-36-37-38-39-40-41-42-43-44-46-48-50-52-54-56-58-60-62-64-66-68-70-72-80(93)89-76(75-99-87-85(98)83(96)86(79(74-91)101-87)102-88-84(97)82(95)81(94)78(73-90)100-88)77(92)71-69-67-65-63-61-59-57-55-53-51-49-47-45-30-28-26-24-22-20-18-16-14-12-10-8-6-4-2/h5,7,11,13,17,19,23,25,76-79,81-88,90-92,94-98H,3-4,6,8-10,12,14-16,18,20-22,24,26-75H2,1-2H3,(H,89,93)/b7-5-,13-11-,19-17-,25-23-. The molecule has 0 aromatic carbocycles. The normalized spacial score (nSPS) is 21.8. The van der Waals surface area contributed by atoms with Crippen LogP contribution in [0.2, 0.25) is 0 Å². The quantitative estimate of drug-likeness (QED) is 0.0204. The SMILES string of the molecule is CC/C=C\C/C=C\C/C=C\C/C=C\CCCCCCCCCCCCCCCCCCCCCCCCCCCCCCC(=O)NC(COC1OC(CO)C(OC2OC(CO)C(O)C(O)C2O)C(O)C1O)C(O)CCCCCCCCCCCCCCCCCCCCCCCCCCCCC. The molecule has 0 bridgehead atoms. The largest absolute Gasteiger partial charge is 0.394 e. The Balaban J connectivity index is 1.54. The molecule has 0 saturated carbocycles. The van der Waals surface area contributed by atoms with E-state index in [9.17, 15) is 45.6 Å². The molecule has 2 aliphatic heterocycles. The summed E-state index contributed by atoms with van der Waals surface area (Å²) >= 11 is 0. The molecular weight excluding hydrogens is 1280 g/mol. The lowest BCUT2D eigenvalue weighted by molar-refractivity contribution is -0.359. The second-order valence-electron chi connectivity index (χ2n) is 31.0. The fraction of sp³-hybridized carbons (Fsp3) is 0.898. The van der Waals surface area contributed by atoms with E-state index in [2.05, 4.69) is 67.8 Å². The third-order valence-electron chi connectivity index (χ3n) is 21.6. The number of ether oxygens (including phenoxy) is 4. The summed E-state index contributed by atoms with van der Waals surface area (Å²) in [7, 11) is 0. The maximum atomic E-state index is 13.4. The summed E-state index contributed by atoms with van der Waals surface area (Å²) in [5.41, 5.74) is 0. The fourth-order valence-electron chi connectivity index (χ4n) is 14.7. The van der Waals surface area contributed by atoms with Crippen LogP contribution in [0.3, 0.4) is 0 Å². The van der Waals surface area contributed by atoms with Crippen molar-refractivity contribution in [3.8, 4) is 0 Å². The van der Waals surface area contributed by atoms with Crippen LogP contribution < -0.4 is 5.32 Å². The monoisotopic (exact) mass is 1440 g/mol. The molecule has 2 saturated heterocycles. The van der Waals surface area contributed by atoms with Crippen molar-refractivity contribution >= 4 is 5.91 Å². The molecule has 14 heteroatoms. The van der Waals surface area contributed by atoms with Crippen LogP contribution in [-0.2, 0) is 23.7 Å². The van der Waals surface area contributed by atoms with E-state index in [1.165, 1.54) is 308 Å².